The number of halogens is 3. The number of rotatable bonds is 6. The molecule has 2 aromatic carbocycles. The molecule has 2 rings (SSSR count). The zero-order valence-electron chi connectivity index (χ0n) is 13.1. The van der Waals surface area contributed by atoms with Crippen LogP contribution in [-0.4, -0.2) is 18.2 Å². The van der Waals surface area contributed by atoms with E-state index in [4.69, 9.17) is 5.26 Å². The van der Waals surface area contributed by atoms with E-state index in [0.717, 1.165) is 17.7 Å². The normalized spacial score (nSPS) is 11.0. The Morgan fingerprint density at radius 1 is 1.12 bits per heavy atom. The lowest BCUT2D eigenvalue weighted by atomic mass is 10.1. The van der Waals surface area contributed by atoms with Gasteiger partial charge in [0, 0.05) is 18.1 Å². The summed E-state index contributed by atoms with van der Waals surface area (Å²) in [6.07, 6.45) is -4.57. The van der Waals surface area contributed by atoms with Crippen LogP contribution in [0.15, 0.2) is 48.5 Å². The summed E-state index contributed by atoms with van der Waals surface area (Å²) in [4.78, 5) is 12.0. The van der Waals surface area contributed by atoms with Gasteiger partial charge in [-0.25, -0.2) is 0 Å². The summed E-state index contributed by atoms with van der Waals surface area (Å²) in [5.74, 6) is 0.379. The number of carbonyl (C=O) groups is 1. The lowest BCUT2D eigenvalue weighted by Gasteiger charge is -2.12. The van der Waals surface area contributed by atoms with Gasteiger partial charge in [-0.05, 0) is 23.8 Å². The maximum atomic E-state index is 12.9. The molecule has 0 unspecified atom stereocenters. The van der Waals surface area contributed by atoms with Gasteiger partial charge in [0.05, 0.1) is 22.8 Å². The van der Waals surface area contributed by atoms with E-state index < -0.39 is 17.6 Å². The Bertz CT molecular complexity index is 784. The monoisotopic (exact) mass is 364 g/mol. The third kappa shape index (κ3) is 5.26. The summed E-state index contributed by atoms with van der Waals surface area (Å²) >= 11 is 1.49. The highest BCUT2D eigenvalue weighted by atomic mass is 32.2. The molecule has 3 nitrogen and oxygen atoms in total. The number of hydrogen-bond acceptors (Lipinski definition) is 3. The molecule has 0 aliphatic rings. The first-order valence-electron chi connectivity index (χ1n) is 7.43. The Labute approximate surface area is 147 Å². The average Bonchev–Trinajstić information content (AvgIpc) is 2.61. The number of thioether (sulfide) groups is 1. The first-order chi connectivity index (χ1) is 11.9. The number of carbonyl (C=O) groups excluding carboxylic acids is 1. The van der Waals surface area contributed by atoms with Gasteiger partial charge in [-0.3, -0.25) is 4.79 Å². The number of alkyl halides is 3. The highest BCUT2D eigenvalue weighted by Crippen LogP contribution is 2.31. The van der Waals surface area contributed by atoms with Crippen molar-refractivity contribution in [2.24, 2.45) is 0 Å². The number of nitriles is 1. The zero-order chi connectivity index (χ0) is 18.3. The van der Waals surface area contributed by atoms with Crippen LogP contribution in [0.5, 0.6) is 0 Å². The minimum absolute atomic E-state index is 0.240. The molecule has 1 amide bonds. The predicted octanol–water partition coefficient (Wildman–Crippen LogP) is 4.24. The van der Waals surface area contributed by atoms with E-state index in [1.54, 1.807) is 12.1 Å². The standard InChI is InChI=1S/C18H15F3N2OS/c19-18(20,21)16-8-4-3-7-15(16)17(24)23-9-10-25-12-14-6-2-1-5-13(14)11-22/h1-8H,9-10,12H2,(H,23,24). The van der Waals surface area contributed by atoms with Crippen molar-refractivity contribution >= 4 is 17.7 Å². The second-order valence-electron chi connectivity index (χ2n) is 5.12. The quantitative estimate of drug-likeness (QED) is 0.780. The Morgan fingerprint density at radius 3 is 2.52 bits per heavy atom. The molecular weight excluding hydrogens is 349 g/mol. The van der Waals surface area contributed by atoms with Gasteiger partial charge in [0.2, 0.25) is 0 Å². The van der Waals surface area contributed by atoms with Crippen LogP contribution in [0.4, 0.5) is 13.2 Å². The summed E-state index contributed by atoms with van der Waals surface area (Å²) in [5.41, 5.74) is 0.166. The highest BCUT2D eigenvalue weighted by Gasteiger charge is 2.34. The number of nitrogens with zero attached hydrogens (tertiary/aromatic N) is 1. The van der Waals surface area contributed by atoms with E-state index >= 15 is 0 Å². The fourth-order valence-corrected chi connectivity index (χ4v) is 3.06. The molecule has 2 aromatic rings. The van der Waals surface area contributed by atoms with Crippen molar-refractivity contribution in [1.29, 1.82) is 5.26 Å². The molecule has 0 atom stereocenters. The molecule has 0 aliphatic heterocycles. The first kappa shape index (κ1) is 18.9. The molecule has 25 heavy (non-hydrogen) atoms. The molecule has 0 fully saturated rings. The van der Waals surface area contributed by atoms with Crippen LogP contribution in [0.25, 0.3) is 0 Å². The minimum Gasteiger partial charge on any atom is -0.351 e. The number of amides is 1. The van der Waals surface area contributed by atoms with Gasteiger partial charge in [-0.2, -0.15) is 30.2 Å². The summed E-state index contributed by atoms with van der Waals surface area (Å²) in [7, 11) is 0. The lowest BCUT2D eigenvalue weighted by molar-refractivity contribution is -0.137. The topological polar surface area (TPSA) is 52.9 Å². The molecule has 1 N–H and O–H groups in total. The van der Waals surface area contributed by atoms with Gasteiger partial charge in [-0.15, -0.1) is 0 Å². The SMILES string of the molecule is N#Cc1ccccc1CSCCNC(=O)c1ccccc1C(F)(F)F. The molecule has 0 aliphatic carbocycles. The molecule has 130 valence electrons. The van der Waals surface area contributed by atoms with Crippen molar-refractivity contribution < 1.29 is 18.0 Å². The van der Waals surface area contributed by atoms with Crippen LogP contribution >= 0.6 is 11.8 Å². The van der Waals surface area contributed by atoms with Crippen molar-refractivity contribution in [3.8, 4) is 6.07 Å². The van der Waals surface area contributed by atoms with Crippen molar-refractivity contribution in [3.63, 3.8) is 0 Å². The van der Waals surface area contributed by atoms with Crippen molar-refractivity contribution in [2.45, 2.75) is 11.9 Å². The molecular formula is C18H15F3N2OS. The molecule has 0 aromatic heterocycles. The van der Waals surface area contributed by atoms with E-state index in [-0.39, 0.29) is 12.1 Å². The van der Waals surface area contributed by atoms with E-state index in [1.807, 2.05) is 12.1 Å². The van der Waals surface area contributed by atoms with Crippen LogP contribution < -0.4 is 5.32 Å². The predicted molar refractivity (Wildman–Crippen MR) is 91.1 cm³/mol. The Morgan fingerprint density at radius 2 is 1.80 bits per heavy atom. The van der Waals surface area contributed by atoms with Gasteiger partial charge in [0.25, 0.3) is 5.91 Å². The first-order valence-corrected chi connectivity index (χ1v) is 8.59. The van der Waals surface area contributed by atoms with E-state index in [0.29, 0.717) is 17.1 Å². The van der Waals surface area contributed by atoms with Crippen LogP contribution in [0.3, 0.4) is 0 Å². The van der Waals surface area contributed by atoms with Crippen LogP contribution in [0, 0.1) is 11.3 Å². The smallest absolute Gasteiger partial charge is 0.351 e. The molecule has 0 saturated carbocycles. The van der Waals surface area contributed by atoms with E-state index in [9.17, 15) is 18.0 Å². The maximum absolute atomic E-state index is 12.9. The van der Waals surface area contributed by atoms with Gasteiger partial charge in [0.1, 0.15) is 0 Å². The summed E-state index contributed by atoms with van der Waals surface area (Å²) in [6, 6.07) is 14.0. The molecule has 0 heterocycles. The third-order valence-corrected chi connectivity index (χ3v) is 4.41. The van der Waals surface area contributed by atoms with Crippen LogP contribution in [-0.2, 0) is 11.9 Å². The second-order valence-corrected chi connectivity index (χ2v) is 6.23. The Kier molecular flexibility index (Phi) is 6.48. The summed E-state index contributed by atoms with van der Waals surface area (Å²) in [6.45, 7) is 0.240. The number of benzene rings is 2. The maximum Gasteiger partial charge on any atom is 0.417 e. The fourth-order valence-electron chi connectivity index (χ4n) is 2.20. The number of hydrogen-bond donors (Lipinski definition) is 1. The van der Waals surface area contributed by atoms with E-state index in [2.05, 4.69) is 11.4 Å². The van der Waals surface area contributed by atoms with Gasteiger partial charge in [0.15, 0.2) is 0 Å². The molecule has 0 saturated heterocycles. The van der Waals surface area contributed by atoms with Crippen LogP contribution in [0.2, 0.25) is 0 Å². The highest BCUT2D eigenvalue weighted by molar-refractivity contribution is 7.98. The Balaban J connectivity index is 1.85. The van der Waals surface area contributed by atoms with E-state index in [1.165, 1.54) is 23.9 Å². The fraction of sp³-hybridized carbons (Fsp3) is 0.222. The zero-order valence-corrected chi connectivity index (χ0v) is 14.0. The third-order valence-electron chi connectivity index (χ3n) is 3.40. The molecule has 7 heteroatoms. The van der Waals surface area contributed by atoms with Crippen LogP contribution in [0.1, 0.15) is 27.0 Å². The lowest BCUT2D eigenvalue weighted by Crippen LogP contribution is -2.28. The molecule has 0 bridgehead atoms. The summed E-state index contributed by atoms with van der Waals surface area (Å²) in [5, 5.41) is 11.5. The van der Waals surface area contributed by atoms with Gasteiger partial charge < -0.3 is 5.32 Å². The second kappa shape index (κ2) is 8.58. The Hall–Kier alpha value is -2.46. The van der Waals surface area contributed by atoms with Crippen molar-refractivity contribution in [3.05, 3.63) is 70.8 Å². The van der Waals surface area contributed by atoms with Crippen molar-refractivity contribution in [1.82, 2.24) is 5.32 Å². The van der Waals surface area contributed by atoms with Gasteiger partial charge >= 0.3 is 6.18 Å². The largest absolute Gasteiger partial charge is 0.417 e. The molecule has 0 radical (unpaired) electrons. The molecule has 0 spiro atoms. The minimum atomic E-state index is -4.57. The number of nitrogens with one attached hydrogen (secondary N) is 1. The average molecular weight is 364 g/mol. The van der Waals surface area contributed by atoms with Crippen molar-refractivity contribution in [2.75, 3.05) is 12.3 Å². The van der Waals surface area contributed by atoms with Gasteiger partial charge in [-0.1, -0.05) is 30.3 Å². The summed E-state index contributed by atoms with van der Waals surface area (Å²) < 4.78 is 38.7.